The van der Waals surface area contributed by atoms with E-state index in [9.17, 15) is 19.7 Å². The van der Waals surface area contributed by atoms with Crippen molar-refractivity contribution in [3.05, 3.63) is 92.4 Å². The van der Waals surface area contributed by atoms with Crippen LogP contribution < -0.4 is 5.32 Å². The van der Waals surface area contributed by atoms with Gasteiger partial charge in [-0.15, -0.1) is 0 Å². The van der Waals surface area contributed by atoms with Gasteiger partial charge in [0.2, 0.25) is 0 Å². The summed E-state index contributed by atoms with van der Waals surface area (Å²) >= 11 is 6.06. The first-order valence-corrected chi connectivity index (χ1v) is 10.8. The molecule has 9 heteroatoms. The molecule has 1 aliphatic rings. The predicted octanol–water partition coefficient (Wildman–Crippen LogP) is 5.49. The maximum Gasteiger partial charge on any atom is 0.270 e. The average molecular weight is 468 g/mol. The molecule has 0 spiro atoms. The van der Waals surface area contributed by atoms with Crippen LogP contribution in [0.4, 0.5) is 11.4 Å². The molecule has 2 atom stereocenters. The van der Waals surface area contributed by atoms with Crippen LogP contribution in [0, 0.1) is 16.0 Å². The lowest BCUT2D eigenvalue weighted by Gasteiger charge is -2.18. The van der Waals surface area contributed by atoms with Crippen molar-refractivity contribution in [2.45, 2.75) is 25.8 Å². The number of nitro benzene ring substituents is 1. The number of nitrogens with one attached hydrogen (secondary N) is 1. The molecule has 1 aromatic heterocycles. The lowest BCUT2D eigenvalue weighted by atomic mass is 10.1. The van der Waals surface area contributed by atoms with Crippen molar-refractivity contribution < 1.29 is 18.9 Å². The van der Waals surface area contributed by atoms with Gasteiger partial charge in [-0.2, -0.15) is 0 Å². The Morgan fingerprint density at radius 3 is 2.58 bits per heavy atom. The molecule has 0 radical (unpaired) electrons. The minimum absolute atomic E-state index is 0.0544. The first-order valence-electron chi connectivity index (χ1n) is 10.4. The van der Waals surface area contributed by atoms with Crippen LogP contribution in [0.15, 0.2) is 59.0 Å². The molecule has 4 rings (SSSR count). The van der Waals surface area contributed by atoms with Gasteiger partial charge in [-0.1, -0.05) is 30.7 Å². The highest BCUT2D eigenvalue weighted by atomic mass is 35.5. The molecule has 0 saturated heterocycles. The van der Waals surface area contributed by atoms with Crippen molar-refractivity contribution in [3.8, 4) is 0 Å². The van der Waals surface area contributed by atoms with Gasteiger partial charge in [0.05, 0.1) is 33.3 Å². The van der Waals surface area contributed by atoms with Crippen molar-refractivity contribution in [2.75, 3.05) is 12.4 Å². The number of benzene rings is 2. The van der Waals surface area contributed by atoms with Gasteiger partial charge in [-0.3, -0.25) is 19.7 Å². The molecule has 2 aromatic carbocycles. The monoisotopic (exact) mass is 467 g/mol. The Hall–Kier alpha value is -3.65. The maximum atomic E-state index is 13.1. The van der Waals surface area contributed by atoms with E-state index in [-0.39, 0.29) is 28.7 Å². The topological polar surface area (TPSA) is 106 Å². The molecule has 0 unspecified atom stereocenters. The first kappa shape index (κ1) is 22.5. The number of anilines is 1. The SMILES string of the molecule is C[C@H]1C[C@H]1c1ccc(CN(C)C(=O)c2ccccc2NC(=O)c2ccc([N+](=O)[O-])cc2Cl)o1. The van der Waals surface area contributed by atoms with E-state index in [0.717, 1.165) is 18.2 Å². The highest BCUT2D eigenvalue weighted by Gasteiger charge is 2.36. The summed E-state index contributed by atoms with van der Waals surface area (Å²) in [5.41, 5.74) is 0.455. The molecule has 0 aliphatic heterocycles. The Balaban J connectivity index is 1.48. The molecule has 1 N–H and O–H groups in total. The zero-order valence-corrected chi connectivity index (χ0v) is 18.8. The van der Waals surface area contributed by atoms with Crippen molar-refractivity contribution >= 4 is 34.8 Å². The predicted molar refractivity (Wildman–Crippen MR) is 124 cm³/mol. The van der Waals surface area contributed by atoms with Crippen LogP contribution in [0.3, 0.4) is 0 Å². The summed E-state index contributed by atoms with van der Waals surface area (Å²) in [5, 5.41) is 13.5. The van der Waals surface area contributed by atoms with E-state index in [1.54, 1.807) is 31.3 Å². The Morgan fingerprint density at radius 1 is 1.18 bits per heavy atom. The van der Waals surface area contributed by atoms with Gasteiger partial charge in [0.25, 0.3) is 17.5 Å². The Kier molecular flexibility index (Phi) is 6.20. The van der Waals surface area contributed by atoms with Crippen LogP contribution >= 0.6 is 11.6 Å². The number of nitro groups is 1. The number of halogens is 1. The zero-order chi connectivity index (χ0) is 23.7. The lowest BCUT2D eigenvalue weighted by molar-refractivity contribution is -0.384. The number of nitrogens with zero attached hydrogens (tertiary/aromatic N) is 2. The van der Waals surface area contributed by atoms with Crippen molar-refractivity contribution in [1.82, 2.24) is 4.90 Å². The fourth-order valence-electron chi connectivity index (χ4n) is 3.68. The highest BCUT2D eigenvalue weighted by molar-refractivity contribution is 6.34. The number of amides is 2. The summed E-state index contributed by atoms with van der Waals surface area (Å²) in [6.07, 6.45) is 1.12. The number of hydrogen-bond acceptors (Lipinski definition) is 5. The van der Waals surface area contributed by atoms with Crippen molar-refractivity contribution in [1.29, 1.82) is 0 Å². The molecule has 1 heterocycles. The van der Waals surface area contributed by atoms with Gasteiger partial charge in [0.1, 0.15) is 11.5 Å². The third-order valence-electron chi connectivity index (χ3n) is 5.71. The van der Waals surface area contributed by atoms with Crippen LogP contribution in [0.25, 0.3) is 0 Å². The summed E-state index contributed by atoms with van der Waals surface area (Å²) in [7, 11) is 1.66. The maximum absolute atomic E-state index is 13.1. The first-order chi connectivity index (χ1) is 15.7. The van der Waals surface area contributed by atoms with E-state index in [1.807, 2.05) is 12.1 Å². The number of furan rings is 1. The molecule has 0 bridgehead atoms. The normalized spacial score (nSPS) is 16.8. The Labute approximate surface area is 195 Å². The van der Waals surface area contributed by atoms with Gasteiger partial charge in [0, 0.05) is 25.1 Å². The van der Waals surface area contributed by atoms with Crippen molar-refractivity contribution in [3.63, 3.8) is 0 Å². The van der Waals surface area contributed by atoms with E-state index < -0.39 is 10.8 Å². The third kappa shape index (κ3) is 4.90. The Bertz CT molecular complexity index is 1240. The zero-order valence-electron chi connectivity index (χ0n) is 18.1. The van der Waals surface area contributed by atoms with Gasteiger partial charge < -0.3 is 14.6 Å². The number of hydrogen-bond donors (Lipinski definition) is 1. The summed E-state index contributed by atoms with van der Waals surface area (Å²) in [6.45, 7) is 2.47. The number of para-hydroxylation sites is 1. The molecule has 1 fully saturated rings. The molecule has 1 saturated carbocycles. The minimum atomic E-state index is -0.593. The molecule has 3 aromatic rings. The van der Waals surface area contributed by atoms with Crippen LogP contribution in [0.5, 0.6) is 0 Å². The van der Waals surface area contributed by atoms with E-state index in [0.29, 0.717) is 28.8 Å². The highest BCUT2D eigenvalue weighted by Crippen LogP contribution is 2.47. The summed E-state index contributed by atoms with van der Waals surface area (Å²) in [6, 6.07) is 14.1. The molecule has 2 amide bonds. The van der Waals surface area contributed by atoms with Crippen LogP contribution in [-0.2, 0) is 6.54 Å². The van der Waals surface area contributed by atoms with Crippen molar-refractivity contribution in [2.24, 2.45) is 5.92 Å². The van der Waals surface area contributed by atoms with Crippen LogP contribution in [0.1, 0.15) is 51.5 Å². The second kappa shape index (κ2) is 9.07. The smallest absolute Gasteiger partial charge is 0.270 e. The standard InChI is InChI=1S/C24H22ClN3O5/c1-14-11-19(14)22-10-8-16(33-22)13-27(2)24(30)18-5-3-4-6-21(18)26-23(29)17-9-7-15(28(31)32)12-20(17)25/h3-10,12,14,19H,11,13H2,1-2H3,(H,26,29)/t14-,19+/m0/s1. The summed E-state index contributed by atoms with van der Waals surface area (Å²) in [5.74, 6) is 1.86. The van der Waals surface area contributed by atoms with E-state index in [1.165, 1.54) is 17.0 Å². The summed E-state index contributed by atoms with van der Waals surface area (Å²) < 4.78 is 5.90. The molecular formula is C24H22ClN3O5. The summed E-state index contributed by atoms with van der Waals surface area (Å²) in [4.78, 5) is 37.7. The van der Waals surface area contributed by atoms with E-state index in [4.69, 9.17) is 16.0 Å². The second-order valence-corrected chi connectivity index (χ2v) is 8.61. The fraction of sp³-hybridized carbons (Fsp3) is 0.250. The quantitative estimate of drug-likeness (QED) is 0.365. The lowest BCUT2D eigenvalue weighted by Crippen LogP contribution is -2.27. The fourth-order valence-corrected chi connectivity index (χ4v) is 3.94. The van der Waals surface area contributed by atoms with Gasteiger partial charge in [0.15, 0.2) is 0 Å². The average Bonchev–Trinajstić information content (AvgIpc) is 3.33. The minimum Gasteiger partial charge on any atom is -0.464 e. The molecule has 8 nitrogen and oxygen atoms in total. The van der Waals surface area contributed by atoms with Crippen LogP contribution in [-0.4, -0.2) is 28.7 Å². The Morgan fingerprint density at radius 2 is 1.91 bits per heavy atom. The molecular weight excluding hydrogens is 446 g/mol. The number of non-ortho nitro benzene ring substituents is 1. The van der Waals surface area contributed by atoms with Gasteiger partial charge >= 0.3 is 0 Å². The number of carbonyl (C=O) groups excluding carboxylic acids is 2. The number of carbonyl (C=O) groups is 2. The third-order valence-corrected chi connectivity index (χ3v) is 6.02. The second-order valence-electron chi connectivity index (χ2n) is 8.21. The van der Waals surface area contributed by atoms with Gasteiger partial charge in [-0.05, 0) is 42.7 Å². The molecule has 1 aliphatic carbocycles. The molecule has 170 valence electrons. The van der Waals surface area contributed by atoms with E-state index >= 15 is 0 Å². The van der Waals surface area contributed by atoms with Gasteiger partial charge in [-0.25, -0.2) is 0 Å². The van der Waals surface area contributed by atoms with E-state index in [2.05, 4.69) is 12.2 Å². The number of rotatable bonds is 7. The largest absolute Gasteiger partial charge is 0.464 e. The molecule has 33 heavy (non-hydrogen) atoms. The van der Waals surface area contributed by atoms with Crippen LogP contribution in [0.2, 0.25) is 5.02 Å².